The number of hydrogen-bond acceptors (Lipinski definition) is 4. The fourth-order valence-corrected chi connectivity index (χ4v) is 3.35. The number of H-pyrrole nitrogens is 1. The molecule has 0 aliphatic heterocycles. The predicted octanol–water partition coefficient (Wildman–Crippen LogP) is 3.28. The van der Waals surface area contributed by atoms with Crippen molar-refractivity contribution < 1.29 is 9.53 Å². The van der Waals surface area contributed by atoms with Crippen LogP contribution in [0.25, 0.3) is 22.0 Å². The highest BCUT2D eigenvalue weighted by atomic mass is 16.5. The van der Waals surface area contributed by atoms with Crippen LogP contribution in [0.1, 0.15) is 15.9 Å². The Morgan fingerprint density at radius 3 is 2.79 bits per heavy atom. The first kappa shape index (κ1) is 18.7. The number of para-hydroxylation sites is 1. The summed E-state index contributed by atoms with van der Waals surface area (Å²) in [4.78, 5) is 18.9. The van der Waals surface area contributed by atoms with Gasteiger partial charge in [-0.15, -0.1) is 0 Å². The molecule has 0 spiro atoms. The molecule has 146 valence electrons. The van der Waals surface area contributed by atoms with Gasteiger partial charge in [-0.2, -0.15) is 0 Å². The van der Waals surface area contributed by atoms with E-state index in [-0.39, 0.29) is 6.04 Å². The zero-order valence-electron chi connectivity index (χ0n) is 15.8. The number of primary amides is 1. The number of aromatic amines is 1. The monoisotopic (exact) mass is 386 g/mol. The van der Waals surface area contributed by atoms with Crippen molar-refractivity contribution in [2.45, 2.75) is 12.5 Å². The van der Waals surface area contributed by atoms with E-state index in [2.05, 4.69) is 16.0 Å². The minimum Gasteiger partial charge on any atom is -0.490 e. The van der Waals surface area contributed by atoms with E-state index in [9.17, 15) is 4.79 Å². The molecule has 0 saturated heterocycles. The van der Waals surface area contributed by atoms with E-state index < -0.39 is 5.91 Å². The van der Waals surface area contributed by atoms with Crippen LogP contribution in [0.5, 0.6) is 5.75 Å². The summed E-state index contributed by atoms with van der Waals surface area (Å²) in [6.07, 6.45) is 6.08. The van der Waals surface area contributed by atoms with Crippen molar-refractivity contribution in [1.29, 1.82) is 0 Å². The highest BCUT2D eigenvalue weighted by Gasteiger charge is 2.10. The number of carbonyl (C=O) groups excluding carboxylic acids is 1. The number of ether oxygens (including phenoxy) is 1. The number of carbonyl (C=O) groups is 1. The molecule has 0 saturated carbocycles. The van der Waals surface area contributed by atoms with Gasteiger partial charge in [-0.3, -0.25) is 9.78 Å². The van der Waals surface area contributed by atoms with Crippen LogP contribution in [-0.4, -0.2) is 28.5 Å². The standard InChI is InChI=1S/C23H22N4O2/c24-19(9-18-12-27-22-7-2-1-6-21(18)22)14-29-20-10-17(11-26-13-20)15-4-3-5-16(8-15)23(25)28/h1-8,10-13,19,27H,9,14,24H2,(H2,25,28)/t19-/m1/s1. The van der Waals surface area contributed by atoms with Crippen LogP contribution in [0.15, 0.2) is 73.2 Å². The Balaban J connectivity index is 1.43. The Morgan fingerprint density at radius 1 is 1.07 bits per heavy atom. The number of pyridine rings is 1. The Hall–Kier alpha value is -3.64. The molecular formula is C23H22N4O2. The topological polar surface area (TPSA) is 107 Å². The predicted molar refractivity (Wildman–Crippen MR) is 114 cm³/mol. The normalized spacial score (nSPS) is 12.0. The highest BCUT2D eigenvalue weighted by Crippen LogP contribution is 2.24. The second-order valence-corrected chi connectivity index (χ2v) is 6.99. The number of nitrogens with zero attached hydrogens (tertiary/aromatic N) is 1. The number of rotatable bonds is 7. The van der Waals surface area contributed by atoms with Crippen LogP contribution in [0, 0.1) is 0 Å². The van der Waals surface area contributed by atoms with Gasteiger partial charge in [-0.25, -0.2) is 0 Å². The molecule has 1 amide bonds. The zero-order valence-corrected chi connectivity index (χ0v) is 15.8. The third-order valence-electron chi connectivity index (χ3n) is 4.81. The van der Waals surface area contributed by atoms with Crippen LogP contribution in [0.3, 0.4) is 0 Å². The lowest BCUT2D eigenvalue weighted by atomic mass is 10.0. The minimum absolute atomic E-state index is 0.156. The maximum Gasteiger partial charge on any atom is 0.248 e. The van der Waals surface area contributed by atoms with Crippen molar-refractivity contribution >= 4 is 16.8 Å². The summed E-state index contributed by atoms with van der Waals surface area (Å²) in [7, 11) is 0. The summed E-state index contributed by atoms with van der Waals surface area (Å²) in [6, 6.07) is 17.0. The molecular weight excluding hydrogens is 364 g/mol. The van der Waals surface area contributed by atoms with E-state index in [1.165, 1.54) is 10.9 Å². The van der Waals surface area contributed by atoms with E-state index in [0.29, 0.717) is 24.3 Å². The van der Waals surface area contributed by atoms with Crippen molar-refractivity contribution in [2.75, 3.05) is 6.61 Å². The van der Waals surface area contributed by atoms with Crippen LogP contribution < -0.4 is 16.2 Å². The molecule has 2 aromatic heterocycles. The van der Waals surface area contributed by atoms with Crippen molar-refractivity contribution in [3.8, 4) is 16.9 Å². The number of aromatic nitrogens is 2. The van der Waals surface area contributed by atoms with E-state index in [4.69, 9.17) is 16.2 Å². The molecule has 6 nitrogen and oxygen atoms in total. The molecule has 0 radical (unpaired) electrons. The smallest absolute Gasteiger partial charge is 0.248 e. The summed E-state index contributed by atoms with van der Waals surface area (Å²) < 4.78 is 5.88. The minimum atomic E-state index is -0.463. The van der Waals surface area contributed by atoms with Gasteiger partial charge in [0.15, 0.2) is 0 Å². The van der Waals surface area contributed by atoms with Gasteiger partial charge in [0.2, 0.25) is 5.91 Å². The Kier molecular flexibility index (Phi) is 5.27. The van der Waals surface area contributed by atoms with Crippen LogP contribution in [0.4, 0.5) is 0 Å². The first-order valence-electron chi connectivity index (χ1n) is 9.39. The molecule has 2 heterocycles. The maximum atomic E-state index is 11.4. The Morgan fingerprint density at radius 2 is 1.93 bits per heavy atom. The lowest BCUT2D eigenvalue weighted by molar-refractivity contribution is 0.100. The molecule has 5 N–H and O–H groups in total. The van der Waals surface area contributed by atoms with Gasteiger partial charge in [0.1, 0.15) is 12.4 Å². The number of fused-ring (bicyclic) bond motifs is 1. The molecule has 0 unspecified atom stereocenters. The molecule has 0 aliphatic carbocycles. The van der Waals surface area contributed by atoms with Gasteiger partial charge in [0, 0.05) is 40.5 Å². The fourth-order valence-electron chi connectivity index (χ4n) is 3.35. The number of benzene rings is 2. The number of amides is 1. The average Bonchev–Trinajstić information content (AvgIpc) is 3.15. The summed E-state index contributed by atoms with van der Waals surface area (Å²) in [5.74, 6) is 0.164. The molecule has 1 atom stereocenters. The molecule has 4 aromatic rings. The summed E-state index contributed by atoms with van der Waals surface area (Å²) >= 11 is 0. The average molecular weight is 386 g/mol. The SMILES string of the molecule is NC(=O)c1cccc(-c2cncc(OC[C@H](N)Cc3c[nH]c4ccccc34)c2)c1. The third-order valence-corrected chi connectivity index (χ3v) is 4.81. The molecule has 6 heteroatoms. The summed E-state index contributed by atoms with van der Waals surface area (Å²) in [5.41, 5.74) is 16.1. The first-order valence-corrected chi connectivity index (χ1v) is 9.39. The van der Waals surface area contributed by atoms with Crippen molar-refractivity contribution in [3.63, 3.8) is 0 Å². The van der Waals surface area contributed by atoms with E-state index >= 15 is 0 Å². The maximum absolute atomic E-state index is 11.4. The second-order valence-electron chi connectivity index (χ2n) is 6.99. The van der Waals surface area contributed by atoms with Gasteiger partial charge >= 0.3 is 0 Å². The summed E-state index contributed by atoms with van der Waals surface area (Å²) in [6.45, 7) is 0.367. The third kappa shape index (κ3) is 4.28. The molecule has 2 aromatic carbocycles. The molecule has 0 aliphatic rings. The van der Waals surface area contributed by atoms with Gasteiger partial charge in [-0.1, -0.05) is 30.3 Å². The fraction of sp³-hybridized carbons (Fsp3) is 0.130. The van der Waals surface area contributed by atoms with Gasteiger partial charge < -0.3 is 21.2 Å². The van der Waals surface area contributed by atoms with Crippen molar-refractivity contribution in [3.05, 3.63) is 84.3 Å². The number of nitrogens with two attached hydrogens (primary N) is 2. The quantitative estimate of drug-likeness (QED) is 0.453. The van der Waals surface area contributed by atoms with Gasteiger partial charge in [0.05, 0.1) is 6.20 Å². The second kappa shape index (κ2) is 8.16. The van der Waals surface area contributed by atoms with Crippen LogP contribution >= 0.6 is 0 Å². The van der Waals surface area contributed by atoms with E-state index in [0.717, 1.165) is 16.6 Å². The molecule has 4 rings (SSSR count). The van der Waals surface area contributed by atoms with E-state index in [1.54, 1.807) is 30.6 Å². The van der Waals surface area contributed by atoms with Gasteiger partial charge in [-0.05, 0) is 41.8 Å². The van der Waals surface area contributed by atoms with Crippen LogP contribution in [0.2, 0.25) is 0 Å². The lowest BCUT2D eigenvalue weighted by Gasteiger charge is -2.13. The molecule has 29 heavy (non-hydrogen) atoms. The van der Waals surface area contributed by atoms with Gasteiger partial charge in [0.25, 0.3) is 0 Å². The van der Waals surface area contributed by atoms with Crippen molar-refractivity contribution in [1.82, 2.24) is 9.97 Å². The first-order chi connectivity index (χ1) is 14.1. The van der Waals surface area contributed by atoms with E-state index in [1.807, 2.05) is 36.5 Å². The zero-order chi connectivity index (χ0) is 20.2. The largest absolute Gasteiger partial charge is 0.490 e. The highest BCUT2D eigenvalue weighted by molar-refractivity contribution is 5.94. The number of hydrogen-bond donors (Lipinski definition) is 3. The molecule has 0 bridgehead atoms. The number of nitrogens with one attached hydrogen (secondary N) is 1. The lowest BCUT2D eigenvalue weighted by Crippen LogP contribution is -2.30. The van der Waals surface area contributed by atoms with Crippen LogP contribution in [-0.2, 0) is 6.42 Å². The summed E-state index contributed by atoms with van der Waals surface area (Å²) in [5, 5.41) is 1.18. The Bertz CT molecular complexity index is 1150. The van der Waals surface area contributed by atoms with Crippen molar-refractivity contribution in [2.24, 2.45) is 11.5 Å². The Labute approximate surface area is 168 Å². The molecule has 0 fully saturated rings.